The van der Waals surface area contributed by atoms with Crippen molar-refractivity contribution in [1.29, 1.82) is 0 Å². The van der Waals surface area contributed by atoms with Crippen LogP contribution in [-0.4, -0.2) is 36.3 Å². The highest BCUT2D eigenvalue weighted by Gasteiger charge is 2.33. The Morgan fingerprint density at radius 2 is 1.77 bits per heavy atom. The Morgan fingerprint density at radius 1 is 1.00 bits per heavy atom. The summed E-state index contributed by atoms with van der Waals surface area (Å²) in [7, 11) is 0. The van der Waals surface area contributed by atoms with Gasteiger partial charge >= 0.3 is 5.97 Å². The van der Waals surface area contributed by atoms with E-state index in [1.807, 2.05) is 88.4 Å². The Labute approximate surface area is 203 Å². The molecular formula is C28H26N4O3. The molecule has 0 aliphatic carbocycles. The van der Waals surface area contributed by atoms with E-state index in [0.717, 1.165) is 27.6 Å². The van der Waals surface area contributed by atoms with E-state index in [1.165, 1.54) is 0 Å². The fraction of sp³-hybridized carbons (Fsp3) is 0.214. The van der Waals surface area contributed by atoms with Gasteiger partial charge in [0, 0.05) is 46.2 Å². The van der Waals surface area contributed by atoms with Gasteiger partial charge in [0.05, 0.1) is 17.0 Å². The number of pyridine rings is 1. The first-order valence-corrected chi connectivity index (χ1v) is 11.4. The van der Waals surface area contributed by atoms with Gasteiger partial charge in [-0.3, -0.25) is 4.98 Å². The minimum atomic E-state index is -1.23. The molecule has 5 rings (SSSR count). The van der Waals surface area contributed by atoms with Crippen molar-refractivity contribution < 1.29 is 14.6 Å². The van der Waals surface area contributed by atoms with Crippen molar-refractivity contribution in [3.8, 4) is 22.5 Å². The molecule has 2 aromatic carbocycles. The van der Waals surface area contributed by atoms with E-state index in [0.29, 0.717) is 22.6 Å². The van der Waals surface area contributed by atoms with Gasteiger partial charge < -0.3 is 9.84 Å². The van der Waals surface area contributed by atoms with Crippen molar-refractivity contribution in [2.24, 2.45) is 0 Å². The second-order valence-electron chi connectivity index (χ2n) is 9.51. The highest BCUT2D eigenvalue weighted by atomic mass is 16.5. The maximum atomic E-state index is 12.5. The number of carboxylic acids is 1. The second-order valence-corrected chi connectivity index (χ2v) is 9.51. The Bertz CT molecular complexity index is 1550. The number of ether oxygens (including phenoxy) is 1. The number of nitrogens with zero attached hydrogens (tertiary/aromatic N) is 4. The molecule has 7 nitrogen and oxygen atoms in total. The van der Waals surface area contributed by atoms with Crippen LogP contribution in [0.25, 0.3) is 38.9 Å². The second kappa shape index (κ2) is 8.60. The van der Waals surface area contributed by atoms with E-state index >= 15 is 0 Å². The van der Waals surface area contributed by atoms with Crippen LogP contribution in [0.1, 0.15) is 38.1 Å². The molecular weight excluding hydrogens is 440 g/mol. The fourth-order valence-corrected chi connectivity index (χ4v) is 4.29. The summed E-state index contributed by atoms with van der Waals surface area (Å²) in [5, 5.41) is 17.1. The summed E-state index contributed by atoms with van der Waals surface area (Å²) in [6.45, 7) is 7.34. The van der Waals surface area contributed by atoms with Gasteiger partial charge in [0.15, 0.2) is 11.8 Å². The first-order chi connectivity index (χ1) is 16.7. The van der Waals surface area contributed by atoms with Crippen LogP contribution in [0.3, 0.4) is 0 Å². The number of aryl methyl sites for hydroxylation is 1. The average Bonchev–Trinajstić information content (AvgIpc) is 3.25. The van der Waals surface area contributed by atoms with Gasteiger partial charge in [-0.15, -0.1) is 0 Å². The first-order valence-electron chi connectivity index (χ1n) is 11.4. The average molecular weight is 467 g/mol. The van der Waals surface area contributed by atoms with Crippen molar-refractivity contribution in [2.75, 3.05) is 0 Å². The Hall–Kier alpha value is -4.10. The number of hydrogen-bond acceptors (Lipinski definition) is 5. The van der Waals surface area contributed by atoms with Crippen LogP contribution >= 0.6 is 0 Å². The van der Waals surface area contributed by atoms with Gasteiger partial charge in [0.1, 0.15) is 0 Å². The zero-order valence-corrected chi connectivity index (χ0v) is 20.1. The monoisotopic (exact) mass is 466 g/mol. The minimum Gasteiger partial charge on any atom is -0.479 e. The SMILES string of the molecule is Cc1nc2cc(-c3ccccc3)nn2c(-c2ccc3ccncc3c2)c1C(OC(C)(C)C)C(=O)O. The third-order valence-electron chi connectivity index (χ3n) is 5.77. The first kappa shape index (κ1) is 22.7. The molecule has 1 atom stereocenters. The van der Waals surface area contributed by atoms with Crippen molar-refractivity contribution in [2.45, 2.75) is 39.4 Å². The molecule has 0 saturated heterocycles. The van der Waals surface area contributed by atoms with E-state index in [9.17, 15) is 9.90 Å². The number of benzene rings is 2. The van der Waals surface area contributed by atoms with E-state index < -0.39 is 17.7 Å². The minimum absolute atomic E-state index is 0.478. The Kier molecular flexibility index (Phi) is 5.57. The van der Waals surface area contributed by atoms with Gasteiger partial charge in [-0.2, -0.15) is 5.10 Å². The largest absolute Gasteiger partial charge is 0.479 e. The summed E-state index contributed by atoms with van der Waals surface area (Å²) in [6, 6.07) is 19.7. The molecule has 0 spiro atoms. The molecule has 0 fully saturated rings. The molecule has 0 aliphatic heterocycles. The number of hydrogen-bond donors (Lipinski definition) is 1. The molecule has 0 radical (unpaired) electrons. The highest BCUT2D eigenvalue weighted by molar-refractivity contribution is 5.88. The zero-order chi connectivity index (χ0) is 24.7. The number of aliphatic carboxylic acids is 1. The van der Waals surface area contributed by atoms with Crippen molar-refractivity contribution >= 4 is 22.4 Å². The molecule has 35 heavy (non-hydrogen) atoms. The van der Waals surface area contributed by atoms with Crippen LogP contribution in [0.15, 0.2) is 73.1 Å². The predicted molar refractivity (Wildman–Crippen MR) is 135 cm³/mol. The number of carbonyl (C=O) groups is 1. The standard InChI is InChI=1S/C28H26N4O3/c1-17-24(26(27(33)34)35-28(2,3)4)25(20-11-10-18-12-13-29-16-21(18)14-20)32-23(30-17)15-22(31-32)19-8-6-5-7-9-19/h5-16,26H,1-4H3,(H,33,34). The third kappa shape index (κ3) is 4.38. The Balaban J connectivity index is 1.84. The molecule has 176 valence electrons. The summed E-state index contributed by atoms with van der Waals surface area (Å²) in [6.07, 6.45) is 2.32. The highest BCUT2D eigenvalue weighted by Crippen LogP contribution is 2.37. The van der Waals surface area contributed by atoms with E-state index in [-0.39, 0.29) is 0 Å². The van der Waals surface area contributed by atoms with Crippen LogP contribution in [-0.2, 0) is 9.53 Å². The molecule has 0 amide bonds. The van der Waals surface area contributed by atoms with Gasteiger partial charge in [0.25, 0.3) is 0 Å². The van der Waals surface area contributed by atoms with Crippen molar-refractivity contribution in [3.63, 3.8) is 0 Å². The van der Waals surface area contributed by atoms with Crippen LogP contribution in [0, 0.1) is 6.92 Å². The number of aromatic nitrogens is 4. The number of fused-ring (bicyclic) bond motifs is 2. The van der Waals surface area contributed by atoms with Crippen LogP contribution in [0.2, 0.25) is 0 Å². The van der Waals surface area contributed by atoms with Crippen molar-refractivity contribution in [3.05, 3.63) is 84.3 Å². The third-order valence-corrected chi connectivity index (χ3v) is 5.77. The molecule has 0 bridgehead atoms. The van der Waals surface area contributed by atoms with E-state index in [1.54, 1.807) is 16.9 Å². The molecule has 1 N–H and O–H groups in total. The molecule has 3 heterocycles. The van der Waals surface area contributed by atoms with Gasteiger partial charge in [-0.1, -0.05) is 42.5 Å². The maximum Gasteiger partial charge on any atom is 0.337 e. The summed E-state index contributed by atoms with van der Waals surface area (Å²) >= 11 is 0. The summed E-state index contributed by atoms with van der Waals surface area (Å²) in [5.74, 6) is -1.08. The number of rotatable bonds is 5. The fourth-order valence-electron chi connectivity index (χ4n) is 4.29. The van der Waals surface area contributed by atoms with Crippen molar-refractivity contribution in [1.82, 2.24) is 19.6 Å². The van der Waals surface area contributed by atoms with E-state index in [2.05, 4.69) is 4.98 Å². The normalized spacial score (nSPS) is 12.8. The quantitative estimate of drug-likeness (QED) is 0.349. The molecule has 1 unspecified atom stereocenters. The number of carboxylic acid groups (broad SMARTS) is 1. The molecule has 5 aromatic rings. The van der Waals surface area contributed by atoms with Gasteiger partial charge in [-0.05, 0) is 45.2 Å². The van der Waals surface area contributed by atoms with Gasteiger partial charge in [-0.25, -0.2) is 14.3 Å². The maximum absolute atomic E-state index is 12.5. The lowest BCUT2D eigenvalue weighted by Gasteiger charge is -2.27. The molecule has 7 heteroatoms. The van der Waals surface area contributed by atoms with Gasteiger partial charge in [0.2, 0.25) is 0 Å². The van der Waals surface area contributed by atoms with Crippen LogP contribution < -0.4 is 0 Å². The summed E-state index contributed by atoms with van der Waals surface area (Å²) in [4.78, 5) is 21.5. The topological polar surface area (TPSA) is 89.6 Å². The Morgan fingerprint density at radius 3 is 2.49 bits per heavy atom. The summed E-state index contributed by atoms with van der Waals surface area (Å²) in [5.41, 5.74) is 4.15. The summed E-state index contributed by atoms with van der Waals surface area (Å²) < 4.78 is 7.79. The lowest BCUT2D eigenvalue weighted by Crippen LogP contribution is -2.29. The smallest absolute Gasteiger partial charge is 0.337 e. The molecule has 0 saturated carbocycles. The predicted octanol–water partition coefficient (Wildman–Crippen LogP) is 5.86. The lowest BCUT2D eigenvalue weighted by atomic mass is 9.97. The molecule has 3 aromatic heterocycles. The van der Waals surface area contributed by atoms with Crippen LogP contribution in [0.5, 0.6) is 0 Å². The van der Waals surface area contributed by atoms with E-state index in [4.69, 9.17) is 14.8 Å². The lowest BCUT2D eigenvalue weighted by molar-refractivity contribution is -0.160. The van der Waals surface area contributed by atoms with Crippen LogP contribution in [0.4, 0.5) is 0 Å². The zero-order valence-electron chi connectivity index (χ0n) is 20.1. The molecule has 0 aliphatic rings.